The summed E-state index contributed by atoms with van der Waals surface area (Å²) >= 11 is 3.39. The van der Waals surface area contributed by atoms with Crippen molar-refractivity contribution in [2.75, 3.05) is 12.4 Å². The highest BCUT2D eigenvalue weighted by atomic mass is 79.9. The van der Waals surface area contributed by atoms with Gasteiger partial charge < -0.3 is 10.1 Å². The van der Waals surface area contributed by atoms with Crippen LogP contribution in [-0.4, -0.2) is 25.3 Å². The van der Waals surface area contributed by atoms with Gasteiger partial charge in [0.05, 0.1) is 13.3 Å². The molecule has 0 bridgehead atoms. The molecule has 5 nitrogen and oxygen atoms in total. The second-order valence-electron chi connectivity index (χ2n) is 4.88. The molecule has 0 aliphatic rings. The predicted octanol–water partition coefficient (Wildman–Crippen LogP) is 3.41. The van der Waals surface area contributed by atoms with Crippen molar-refractivity contribution in [3.63, 3.8) is 0 Å². The number of halogens is 1. The second kappa shape index (κ2) is 8.33. The van der Waals surface area contributed by atoms with Gasteiger partial charge in [-0.3, -0.25) is 4.79 Å². The number of anilines is 1. The molecule has 120 valence electrons. The van der Waals surface area contributed by atoms with E-state index < -0.39 is 6.04 Å². The third-order valence-corrected chi connectivity index (χ3v) is 3.60. The van der Waals surface area contributed by atoms with Crippen LogP contribution in [0.25, 0.3) is 0 Å². The summed E-state index contributed by atoms with van der Waals surface area (Å²) in [5, 5.41) is 7.07. The number of methoxy groups -OCH3 is 1. The lowest BCUT2D eigenvalue weighted by molar-refractivity contribution is -0.121. The normalized spacial score (nSPS) is 12.0. The first-order valence-corrected chi connectivity index (χ1v) is 7.87. The number of amides is 1. The minimum atomic E-state index is -0.414. The summed E-state index contributed by atoms with van der Waals surface area (Å²) in [5.41, 5.74) is 4.26. The van der Waals surface area contributed by atoms with E-state index in [0.717, 1.165) is 21.5 Å². The number of carbonyl (C=O) groups excluding carboxylic acids is 1. The zero-order chi connectivity index (χ0) is 16.7. The van der Waals surface area contributed by atoms with Crippen LogP contribution in [0.3, 0.4) is 0 Å². The molecule has 0 saturated carbocycles. The molecule has 1 amide bonds. The lowest BCUT2D eigenvalue weighted by Crippen LogP contribution is -2.34. The Hall–Kier alpha value is -2.34. The standard InChI is InChI=1S/C17H18BrN3O2/c1-12(20-15-6-8-16(23-2)9-7-15)17(22)21-19-11-13-4-3-5-14(18)10-13/h3-12,20H,1-2H3,(H,21,22)/b19-11-/t12-/m0/s1. The zero-order valence-corrected chi connectivity index (χ0v) is 14.5. The van der Waals surface area contributed by atoms with E-state index in [1.165, 1.54) is 0 Å². The summed E-state index contributed by atoms with van der Waals surface area (Å²) < 4.78 is 6.06. The van der Waals surface area contributed by atoms with E-state index in [1.807, 2.05) is 48.5 Å². The number of rotatable bonds is 6. The Morgan fingerprint density at radius 3 is 2.65 bits per heavy atom. The Morgan fingerprint density at radius 2 is 2.00 bits per heavy atom. The van der Waals surface area contributed by atoms with E-state index in [0.29, 0.717) is 0 Å². The average Bonchev–Trinajstić information content (AvgIpc) is 2.55. The van der Waals surface area contributed by atoms with Crippen LogP contribution >= 0.6 is 15.9 Å². The van der Waals surface area contributed by atoms with E-state index in [1.54, 1.807) is 20.2 Å². The molecule has 0 saturated heterocycles. The Labute approximate surface area is 143 Å². The molecule has 2 N–H and O–H groups in total. The van der Waals surface area contributed by atoms with Gasteiger partial charge in [0.2, 0.25) is 0 Å². The molecular formula is C17H18BrN3O2. The van der Waals surface area contributed by atoms with E-state index in [-0.39, 0.29) is 5.91 Å². The highest BCUT2D eigenvalue weighted by Gasteiger charge is 2.11. The molecular weight excluding hydrogens is 358 g/mol. The zero-order valence-electron chi connectivity index (χ0n) is 12.9. The molecule has 0 spiro atoms. The summed E-state index contributed by atoms with van der Waals surface area (Å²) in [4.78, 5) is 12.0. The van der Waals surface area contributed by atoms with Gasteiger partial charge in [0.15, 0.2) is 0 Å². The van der Waals surface area contributed by atoms with Crippen LogP contribution in [0.4, 0.5) is 5.69 Å². The van der Waals surface area contributed by atoms with Gasteiger partial charge in [-0.2, -0.15) is 5.10 Å². The minimum Gasteiger partial charge on any atom is -0.497 e. The second-order valence-corrected chi connectivity index (χ2v) is 5.80. The molecule has 0 heterocycles. The maximum atomic E-state index is 12.0. The Kier molecular flexibility index (Phi) is 6.17. The molecule has 0 aliphatic carbocycles. The molecule has 2 aromatic rings. The van der Waals surface area contributed by atoms with Crippen LogP contribution in [0.1, 0.15) is 12.5 Å². The van der Waals surface area contributed by atoms with Crippen molar-refractivity contribution in [3.8, 4) is 5.75 Å². The fourth-order valence-electron chi connectivity index (χ4n) is 1.86. The quantitative estimate of drug-likeness (QED) is 0.600. The van der Waals surface area contributed by atoms with Gasteiger partial charge in [-0.05, 0) is 48.9 Å². The minimum absolute atomic E-state index is 0.216. The maximum absolute atomic E-state index is 12.0. The maximum Gasteiger partial charge on any atom is 0.262 e. The van der Waals surface area contributed by atoms with Crippen LogP contribution in [0, 0.1) is 0 Å². The molecule has 6 heteroatoms. The number of benzene rings is 2. The summed E-state index contributed by atoms with van der Waals surface area (Å²) in [6, 6.07) is 14.6. The summed E-state index contributed by atoms with van der Waals surface area (Å²) in [6.45, 7) is 1.77. The van der Waals surface area contributed by atoms with Gasteiger partial charge in [-0.15, -0.1) is 0 Å². The number of nitrogens with one attached hydrogen (secondary N) is 2. The monoisotopic (exact) mass is 375 g/mol. The number of hydrogen-bond acceptors (Lipinski definition) is 4. The van der Waals surface area contributed by atoms with Crippen molar-refractivity contribution < 1.29 is 9.53 Å². The van der Waals surface area contributed by atoms with Crippen LogP contribution in [-0.2, 0) is 4.79 Å². The van der Waals surface area contributed by atoms with Crippen LogP contribution in [0.15, 0.2) is 58.1 Å². The van der Waals surface area contributed by atoms with Crippen molar-refractivity contribution in [1.82, 2.24) is 5.43 Å². The molecule has 0 aliphatic heterocycles. The predicted molar refractivity (Wildman–Crippen MR) is 96.0 cm³/mol. The lowest BCUT2D eigenvalue weighted by atomic mass is 10.2. The van der Waals surface area contributed by atoms with Crippen molar-refractivity contribution >= 4 is 33.7 Å². The van der Waals surface area contributed by atoms with E-state index in [4.69, 9.17) is 4.74 Å². The van der Waals surface area contributed by atoms with Gasteiger partial charge in [0, 0.05) is 10.2 Å². The fourth-order valence-corrected chi connectivity index (χ4v) is 2.27. The molecule has 2 rings (SSSR count). The van der Waals surface area contributed by atoms with E-state index >= 15 is 0 Å². The Balaban J connectivity index is 1.86. The molecule has 0 fully saturated rings. The number of carbonyl (C=O) groups is 1. The number of nitrogens with zero attached hydrogens (tertiary/aromatic N) is 1. The van der Waals surface area contributed by atoms with Crippen molar-refractivity contribution in [3.05, 3.63) is 58.6 Å². The largest absolute Gasteiger partial charge is 0.497 e. The molecule has 1 atom stereocenters. The molecule has 0 aromatic heterocycles. The number of hydrazone groups is 1. The van der Waals surface area contributed by atoms with Gasteiger partial charge in [0.25, 0.3) is 5.91 Å². The van der Waals surface area contributed by atoms with Crippen LogP contribution < -0.4 is 15.5 Å². The van der Waals surface area contributed by atoms with Gasteiger partial charge in [0.1, 0.15) is 11.8 Å². The van der Waals surface area contributed by atoms with Crippen molar-refractivity contribution in [2.45, 2.75) is 13.0 Å². The van der Waals surface area contributed by atoms with Gasteiger partial charge in [-0.1, -0.05) is 28.1 Å². The van der Waals surface area contributed by atoms with Crippen LogP contribution in [0.5, 0.6) is 5.75 Å². The van der Waals surface area contributed by atoms with Crippen LogP contribution in [0.2, 0.25) is 0 Å². The van der Waals surface area contributed by atoms with Gasteiger partial charge >= 0.3 is 0 Å². The SMILES string of the molecule is COc1ccc(N[C@@H](C)C(=O)N/N=C\c2cccc(Br)c2)cc1. The highest BCUT2D eigenvalue weighted by molar-refractivity contribution is 9.10. The van der Waals surface area contributed by atoms with E-state index in [9.17, 15) is 4.79 Å². The van der Waals surface area contributed by atoms with Gasteiger partial charge in [-0.25, -0.2) is 5.43 Å². The Morgan fingerprint density at radius 1 is 1.26 bits per heavy atom. The average molecular weight is 376 g/mol. The highest BCUT2D eigenvalue weighted by Crippen LogP contribution is 2.15. The lowest BCUT2D eigenvalue weighted by Gasteiger charge is -2.13. The first-order valence-electron chi connectivity index (χ1n) is 7.07. The molecule has 2 aromatic carbocycles. The summed E-state index contributed by atoms with van der Waals surface area (Å²) in [7, 11) is 1.61. The van der Waals surface area contributed by atoms with E-state index in [2.05, 4.69) is 31.8 Å². The number of ether oxygens (including phenoxy) is 1. The molecule has 23 heavy (non-hydrogen) atoms. The first kappa shape index (κ1) is 17.0. The molecule has 0 unspecified atom stereocenters. The van der Waals surface area contributed by atoms with Crippen molar-refractivity contribution in [1.29, 1.82) is 0 Å². The fraction of sp³-hybridized carbons (Fsp3) is 0.176. The first-order chi connectivity index (χ1) is 11.1. The third-order valence-electron chi connectivity index (χ3n) is 3.10. The summed E-state index contributed by atoms with van der Waals surface area (Å²) in [6.07, 6.45) is 1.60. The Bertz CT molecular complexity index is 686. The topological polar surface area (TPSA) is 62.7 Å². The summed E-state index contributed by atoms with van der Waals surface area (Å²) in [5.74, 6) is 0.554. The third kappa shape index (κ3) is 5.41. The van der Waals surface area contributed by atoms with Crippen molar-refractivity contribution in [2.24, 2.45) is 5.10 Å². The number of hydrogen-bond donors (Lipinski definition) is 2. The molecule has 0 radical (unpaired) electrons. The smallest absolute Gasteiger partial charge is 0.262 e.